The van der Waals surface area contributed by atoms with E-state index in [1.807, 2.05) is 53.7 Å². The van der Waals surface area contributed by atoms with Gasteiger partial charge in [-0.3, -0.25) is 0 Å². The van der Waals surface area contributed by atoms with Crippen LogP contribution in [-0.4, -0.2) is 23.1 Å². The molecule has 0 saturated heterocycles. The summed E-state index contributed by atoms with van der Waals surface area (Å²) in [5.74, 6) is -0.668. The van der Waals surface area contributed by atoms with Gasteiger partial charge in [0.15, 0.2) is 0 Å². The summed E-state index contributed by atoms with van der Waals surface area (Å²) in [6.07, 6.45) is 2.29. The zero-order valence-corrected chi connectivity index (χ0v) is 14.6. The van der Waals surface area contributed by atoms with Gasteiger partial charge in [-0.15, -0.1) is 0 Å². The summed E-state index contributed by atoms with van der Waals surface area (Å²) >= 11 is 0. The molecular weight excluding hydrogens is 292 g/mol. The van der Waals surface area contributed by atoms with E-state index in [2.05, 4.69) is 0 Å². The van der Waals surface area contributed by atoms with E-state index in [1.165, 1.54) is 0 Å². The third-order valence-electron chi connectivity index (χ3n) is 3.15. The van der Waals surface area contributed by atoms with E-state index in [-0.39, 0.29) is 11.9 Å². The maximum Gasteiger partial charge on any atom is 0.338 e. The molecule has 0 bridgehead atoms. The Balaban J connectivity index is 2.13. The van der Waals surface area contributed by atoms with Crippen molar-refractivity contribution in [3.63, 3.8) is 0 Å². The Morgan fingerprint density at radius 3 is 2.04 bits per heavy atom. The molecule has 1 aliphatic carbocycles. The Hall–Kier alpha value is -2.10. The molecule has 0 amide bonds. The molecule has 0 unspecified atom stereocenters. The molecule has 0 N–H and O–H groups in total. The number of carbonyl (C=O) groups is 2. The van der Waals surface area contributed by atoms with Crippen LogP contribution in [0.15, 0.2) is 23.8 Å². The van der Waals surface area contributed by atoms with Gasteiger partial charge in [-0.2, -0.15) is 0 Å². The largest absolute Gasteiger partial charge is 0.457 e. The van der Waals surface area contributed by atoms with Crippen molar-refractivity contribution >= 4 is 18.0 Å². The van der Waals surface area contributed by atoms with Gasteiger partial charge in [0, 0.05) is 12.0 Å². The number of rotatable bonds is 2. The Bertz CT molecular complexity index is 670. The first-order chi connectivity index (χ1) is 10.4. The second-order valence-electron chi connectivity index (χ2n) is 7.76. The molecular formula is C19H24O4. The highest BCUT2D eigenvalue weighted by Crippen LogP contribution is 2.28. The van der Waals surface area contributed by atoms with Crippen LogP contribution in [0.2, 0.25) is 0 Å². The van der Waals surface area contributed by atoms with E-state index in [0.29, 0.717) is 17.6 Å². The lowest BCUT2D eigenvalue weighted by Crippen LogP contribution is -2.25. The Morgan fingerprint density at radius 2 is 1.48 bits per heavy atom. The summed E-state index contributed by atoms with van der Waals surface area (Å²) in [6, 6.07) is 5.35. The molecule has 1 aromatic rings. The van der Waals surface area contributed by atoms with Crippen LogP contribution < -0.4 is 0 Å². The molecule has 1 aromatic carbocycles. The van der Waals surface area contributed by atoms with Crippen molar-refractivity contribution in [2.75, 3.05) is 0 Å². The van der Waals surface area contributed by atoms with Crippen LogP contribution in [0.5, 0.6) is 0 Å². The predicted octanol–water partition coefficient (Wildman–Crippen LogP) is 3.92. The van der Waals surface area contributed by atoms with Crippen LogP contribution in [0.3, 0.4) is 0 Å². The van der Waals surface area contributed by atoms with E-state index in [1.54, 1.807) is 12.1 Å². The highest BCUT2D eigenvalue weighted by Gasteiger charge is 2.25. The molecule has 0 atom stereocenters. The van der Waals surface area contributed by atoms with Gasteiger partial charge in [-0.1, -0.05) is 6.07 Å². The molecule has 0 aliphatic heterocycles. The van der Waals surface area contributed by atoms with Crippen LogP contribution in [-0.2, 0) is 20.7 Å². The number of carbonyl (C=O) groups excluding carboxylic acids is 2. The minimum Gasteiger partial charge on any atom is -0.457 e. The number of benzene rings is 1. The highest BCUT2D eigenvalue weighted by atomic mass is 16.6. The molecule has 2 rings (SSSR count). The predicted molar refractivity (Wildman–Crippen MR) is 89.1 cm³/mol. The maximum absolute atomic E-state index is 12.2. The summed E-state index contributed by atoms with van der Waals surface area (Å²) in [6.45, 7) is 11.0. The average Bonchev–Trinajstić information content (AvgIpc) is 2.77. The Kier molecular flexibility index (Phi) is 4.38. The van der Waals surface area contributed by atoms with E-state index < -0.39 is 11.2 Å². The number of fused-ring (bicyclic) bond motifs is 1. The number of esters is 2. The molecule has 23 heavy (non-hydrogen) atoms. The quantitative estimate of drug-likeness (QED) is 0.776. The lowest BCUT2D eigenvalue weighted by molar-refractivity contribution is -0.149. The van der Waals surface area contributed by atoms with E-state index in [4.69, 9.17) is 9.47 Å². The smallest absolute Gasteiger partial charge is 0.338 e. The number of ether oxygens (including phenoxy) is 2. The fourth-order valence-corrected chi connectivity index (χ4v) is 2.28. The fourth-order valence-electron chi connectivity index (χ4n) is 2.28. The molecule has 1 aliphatic rings. The first-order valence-electron chi connectivity index (χ1n) is 7.75. The molecule has 0 heterocycles. The van der Waals surface area contributed by atoms with Crippen LogP contribution in [0.4, 0.5) is 0 Å². The first-order valence-corrected chi connectivity index (χ1v) is 7.75. The van der Waals surface area contributed by atoms with Crippen molar-refractivity contribution in [1.82, 2.24) is 0 Å². The van der Waals surface area contributed by atoms with Crippen LogP contribution >= 0.6 is 0 Å². The fraction of sp³-hybridized carbons (Fsp3) is 0.474. The van der Waals surface area contributed by atoms with Gasteiger partial charge in [0.1, 0.15) is 11.2 Å². The molecule has 0 fully saturated rings. The van der Waals surface area contributed by atoms with E-state index >= 15 is 0 Å². The van der Waals surface area contributed by atoms with Crippen molar-refractivity contribution in [3.05, 3.63) is 40.5 Å². The second kappa shape index (κ2) is 5.84. The Labute approximate surface area is 137 Å². The summed E-state index contributed by atoms with van der Waals surface area (Å²) in [5.41, 5.74) is 1.94. The van der Waals surface area contributed by atoms with Crippen molar-refractivity contribution in [1.29, 1.82) is 0 Å². The lowest BCUT2D eigenvalue weighted by atomic mass is 10.1. The Morgan fingerprint density at radius 1 is 0.913 bits per heavy atom. The molecule has 0 radical (unpaired) electrons. The van der Waals surface area contributed by atoms with Gasteiger partial charge in [0.05, 0.1) is 5.56 Å². The summed E-state index contributed by atoms with van der Waals surface area (Å²) < 4.78 is 10.8. The van der Waals surface area contributed by atoms with Gasteiger partial charge < -0.3 is 9.47 Å². The van der Waals surface area contributed by atoms with Crippen LogP contribution in [0.1, 0.15) is 63.0 Å². The third-order valence-corrected chi connectivity index (χ3v) is 3.15. The summed E-state index contributed by atoms with van der Waals surface area (Å²) in [7, 11) is 0. The number of hydrogen-bond acceptors (Lipinski definition) is 4. The van der Waals surface area contributed by atoms with Crippen LogP contribution in [0.25, 0.3) is 6.08 Å². The monoisotopic (exact) mass is 316 g/mol. The summed E-state index contributed by atoms with van der Waals surface area (Å²) in [5, 5.41) is 0. The molecule has 0 aromatic heterocycles. The van der Waals surface area contributed by atoms with Gasteiger partial charge in [0.25, 0.3) is 0 Å². The van der Waals surface area contributed by atoms with Crippen LogP contribution in [0, 0.1) is 0 Å². The third kappa shape index (κ3) is 4.68. The van der Waals surface area contributed by atoms with Crippen molar-refractivity contribution in [2.24, 2.45) is 0 Å². The number of hydrogen-bond donors (Lipinski definition) is 0. The SMILES string of the molecule is CC(C)(C)OC(=O)C1=Cc2ccc(C(=O)OC(C)(C)C)cc2C1. The zero-order chi connectivity index (χ0) is 17.4. The minimum atomic E-state index is -0.532. The van der Waals surface area contributed by atoms with Crippen molar-refractivity contribution in [2.45, 2.75) is 59.2 Å². The lowest BCUT2D eigenvalue weighted by Gasteiger charge is -2.20. The molecule has 124 valence electrons. The minimum absolute atomic E-state index is 0.312. The topological polar surface area (TPSA) is 52.6 Å². The average molecular weight is 316 g/mol. The van der Waals surface area contributed by atoms with E-state index in [0.717, 1.165) is 11.1 Å². The van der Waals surface area contributed by atoms with Gasteiger partial charge >= 0.3 is 11.9 Å². The standard InChI is InChI=1S/C19H24O4/c1-18(2,3)22-16(20)13-8-7-12-9-15(11-14(12)10-13)17(21)23-19(4,5)6/h7-10H,11H2,1-6H3. The summed E-state index contributed by atoms with van der Waals surface area (Å²) in [4.78, 5) is 24.3. The first kappa shape index (κ1) is 17.3. The zero-order valence-electron chi connectivity index (χ0n) is 14.6. The molecule has 4 nitrogen and oxygen atoms in total. The molecule has 4 heteroatoms. The van der Waals surface area contributed by atoms with Crippen molar-refractivity contribution < 1.29 is 19.1 Å². The normalized spacial score (nSPS) is 14.1. The maximum atomic E-state index is 12.2. The highest BCUT2D eigenvalue weighted by molar-refractivity contribution is 5.98. The van der Waals surface area contributed by atoms with E-state index in [9.17, 15) is 9.59 Å². The molecule has 0 spiro atoms. The van der Waals surface area contributed by atoms with Gasteiger partial charge in [-0.05, 0) is 70.9 Å². The van der Waals surface area contributed by atoms with Crippen molar-refractivity contribution in [3.8, 4) is 0 Å². The van der Waals surface area contributed by atoms with Gasteiger partial charge in [-0.25, -0.2) is 9.59 Å². The second-order valence-corrected chi connectivity index (χ2v) is 7.76. The van der Waals surface area contributed by atoms with Gasteiger partial charge in [0.2, 0.25) is 0 Å². The molecule has 0 saturated carbocycles.